The van der Waals surface area contributed by atoms with Crippen molar-refractivity contribution in [1.29, 1.82) is 0 Å². The molecule has 0 aromatic carbocycles. The standard InChI is InChI=1S/C8H21N2O5P/c9-6(2-1-3-11)4-8(12)7(10)5-16(13,14)15/h6-8,11-12H,1-5,9-10H2,(H2,13,14,15). The summed E-state index contributed by atoms with van der Waals surface area (Å²) in [7, 11) is -4.21. The Hall–Kier alpha value is -0.0100. The molecule has 3 atom stereocenters. The molecule has 8 heteroatoms. The molecule has 0 amide bonds. The van der Waals surface area contributed by atoms with Crippen LogP contribution in [0.4, 0.5) is 0 Å². The topological polar surface area (TPSA) is 150 Å². The van der Waals surface area contributed by atoms with Crippen molar-refractivity contribution in [2.24, 2.45) is 11.5 Å². The maximum atomic E-state index is 10.6. The van der Waals surface area contributed by atoms with Gasteiger partial charge in [0, 0.05) is 18.7 Å². The molecule has 0 aliphatic rings. The van der Waals surface area contributed by atoms with Crippen LogP contribution in [0.1, 0.15) is 19.3 Å². The third-order valence-electron chi connectivity index (χ3n) is 2.22. The molecule has 0 aromatic heterocycles. The number of aliphatic hydroxyl groups is 2. The van der Waals surface area contributed by atoms with Gasteiger partial charge in [-0.1, -0.05) is 0 Å². The molecule has 16 heavy (non-hydrogen) atoms. The van der Waals surface area contributed by atoms with E-state index in [1.54, 1.807) is 0 Å². The quantitative estimate of drug-likeness (QED) is 0.284. The Morgan fingerprint density at radius 3 is 2.25 bits per heavy atom. The van der Waals surface area contributed by atoms with Crippen molar-refractivity contribution in [2.75, 3.05) is 12.8 Å². The van der Waals surface area contributed by atoms with Gasteiger partial charge < -0.3 is 31.5 Å². The van der Waals surface area contributed by atoms with Gasteiger partial charge in [-0.3, -0.25) is 4.57 Å². The van der Waals surface area contributed by atoms with E-state index in [2.05, 4.69) is 0 Å². The van der Waals surface area contributed by atoms with Gasteiger partial charge in [0.15, 0.2) is 0 Å². The van der Waals surface area contributed by atoms with Crippen molar-refractivity contribution in [1.82, 2.24) is 0 Å². The summed E-state index contributed by atoms with van der Waals surface area (Å²) in [4.78, 5) is 17.3. The summed E-state index contributed by atoms with van der Waals surface area (Å²) in [5.41, 5.74) is 11.1. The van der Waals surface area contributed by atoms with Gasteiger partial charge in [0.05, 0.1) is 12.3 Å². The number of rotatable bonds is 8. The zero-order valence-corrected chi connectivity index (χ0v) is 9.96. The summed E-state index contributed by atoms with van der Waals surface area (Å²) < 4.78 is 10.6. The monoisotopic (exact) mass is 256 g/mol. The summed E-state index contributed by atoms with van der Waals surface area (Å²) in [6.45, 7) is 0.0261. The van der Waals surface area contributed by atoms with Gasteiger partial charge in [-0.05, 0) is 19.3 Å². The first-order chi connectivity index (χ1) is 7.26. The van der Waals surface area contributed by atoms with Crippen molar-refractivity contribution in [3.63, 3.8) is 0 Å². The Morgan fingerprint density at radius 2 is 1.81 bits per heavy atom. The maximum Gasteiger partial charge on any atom is 0.327 e. The van der Waals surface area contributed by atoms with Crippen LogP contribution in [0.2, 0.25) is 0 Å². The largest absolute Gasteiger partial charge is 0.396 e. The molecule has 0 radical (unpaired) electrons. The van der Waals surface area contributed by atoms with E-state index in [0.29, 0.717) is 12.8 Å². The molecular formula is C8H21N2O5P. The normalized spacial score (nSPS) is 18.1. The fourth-order valence-corrected chi connectivity index (χ4v) is 2.15. The smallest absolute Gasteiger partial charge is 0.327 e. The van der Waals surface area contributed by atoms with E-state index in [9.17, 15) is 9.67 Å². The summed E-state index contributed by atoms with van der Waals surface area (Å²) in [6.07, 6.45) is -0.360. The van der Waals surface area contributed by atoms with Crippen molar-refractivity contribution >= 4 is 7.60 Å². The van der Waals surface area contributed by atoms with Gasteiger partial charge in [-0.25, -0.2) is 0 Å². The van der Waals surface area contributed by atoms with Crippen LogP contribution in [0.25, 0.3) is 0 Å². The lowest BCUT2D eigenvalue weighted by molar-refractivity contribution is 0.129. The molecule has 3 unspecified atom stereocenters. The van der Waals surface area contributed by atoms with Gasteiger partial charge in [-0.15, -0.1) is 0 Å². The van der Waals surface area contributed by atoms with Crippen molar-refractivity contribution < 1.29 is 24.6 Å². The van der Waals surface area contributed by atoms with Crippen molar-refractivity contribution in [2.45, 2.75) is 37.5 Å². The van der Waals surface area contributed by atoms with Crippen LogP contribution in [0.3, 0.4) is 0 Å². The lowest BCUT2D eigenvalue weighted by Gasteiger charge is -2.22. The van der Waals surface area contributed by atoms with Crippen molar-refractivity contribution in [3.05, 3.63) is 0 Å². The highest BCUT2D eigenvalue weighted by molar-refractivity contribution is 7.51. The van der Waals surface area contributed by atoms with Gasteiger partial charge in [0.25, 0.3) is 0 Å². The van der Waals surface area contributed by atoms with Crippen LogP contribution >= 0.6 is 7.60 Å². The van der Waals surface area contributed by atoms with Crippen LogP contribution in [0, 0.1) is 0 Å². The highest BCUT2D eigenvalue weighted by atomic mass is 31.2. The molecule has 0 spiro atoms. The minimum Gasteiger partial charge on any atom is -0.396 e. The zero-order valence-electron chi connectivity index (χ0n) is 9.07. The molecule has 8 N–H and O–H groups in total. The molecule has 0 fully saturated rings. The molecule has 0 heterocycles. The van der Waals surface area contributed by atoms with E-state index >= 15 is 0 Å². The summed E-state index contributed by atoms with van der Waals surface area (Å²) in [5, 5.41) is 18.1. The Kier molecular flexibility index (Phi) is 7.34. The third kappa shape index (κ3) is 8.18. The number of hydrogen-bond donors (Lipinski definition) is 6. The molecule has 0 aliphatic heterocycles. The van der Waals surface area contributed by atoms with E-state index in [1.165, 1.54) is 0 Å². The van der Waals surface area contributed by atoms with E-state index < -0.39 is 25.9 Å². The molecule has 0 rings (SSSR count). The molecule has 98 valence electrons. The highest BCUT2D eigenvalue weighted by Crippen LogP contribution is 2.35. The minimum atomic E-state index is -4.21. The number of aliphatic hydroxyl groups excluding tert-OH is 2. The second kappa shape index (κ2) is 7.34. The Bertz CT molecular complexity index is 234. The minimum absolute atomic E-state index is 0.0261. The molecule has 0 aromatic rings. The van der Waals surface area contributed by atoms with E-state index in [1.807, 2.05) is 0 Å². The third-order valence-corrected chi connectivity index (χ3v) is 3.12. The van der Waals surface area contributed by atoms with Gasteiger partial charge in [-0.2, -0.15) is 0 Å². The second-order valence-corrected chi connectivity index (χ2v) is 5.63. The summed E-state index contributed by atoms with van der Waals surface area (Å²) >= 11 is 0. The Morgan fingerprint density at radius 1 is 1.25 bits per heavy atom. The van der Waals surface area contributed by atoms with Crippen LogP contribution in [0.5, 0.6) is 0 Å². The van der Waals surface area contributed by atoms with E-state index in [-0.39, 0.29) is 19.1 Å². The van der Waals surface area contributed by atoms with Crippen LogP contribution in [-0.4, -0.2) is 51.0 Å². The molecular weight excluding hydrogens is 235 g/mol. The molecule has 0 bridgehead atoms. The lowest BCUT2D eigenvalue weighted by atomic mass is 10.0. The number of hydrogen-bond acceptors (Lipinski definition) is 5. The second-order valence-electron chi connectivity index (χ2n) is 3.94. The molecule has 0 aliphatic carbocycles. The predicted molar refractivity (Wildman–Crippen MR) is 59.8 cm³/mol. The first-order valence-corrected chi connectivity index (χ1v) is 6.90. The summed E-state index contributed by atoms with van der Waals surface area (Å²) in [6, 6.07) is -1.31. The predicted octanol–water partition coefficient (Wildman–Crippen LogP) is -1.66. The molecule has 0 saturated heterocycles. The Balaban J connectivity index is 3.95. The van der Waals surface area contributed by atoms with Gasteiger partial charge in [0.2, 0.25) is 0 Å². The van der Waals surface area contributed by atoms with Crippen molar-refractivity contribution in [3.8, 4) is 0 Å². The lowest BCUT2D eigenvalue weighted by Crippen LogP contribution is -2.41. The van der Waals surface area contributed by atoms with Gasteiger partial charge >= 0.3 is 7.60 Å². The van der Waals surface area contributed by atoms with Gasteiger partial charge in [0.1, 0.15) is 0 Å². The van der Waals surface area contributed by atoms with E-state index in [4.69, 9.17) is 26.4 Å². The fourth-order valence-electron chi connectivity index (χ4n) is 1.35. The molecule has 7 nitrogen and oxygen atoms in total. The zero-order chi connectivity index (χ0) is 12.8. The SMILES string of the molecule is NC(CCCO)CC(O)C(N)CP(=O)(O)O. The average Bonchev–Trinajstić information content (AvgIpc) is 2.11. The fraction of sp³-hybridized carbons (Fsp3) is 1.00. The number of nitrogens with two attached hydrogens (primary N) is 2. The summed E-state index contributed by atoms with van der Waals surface area (Å²) in [5.74, 6) is 0. The highest BCUT2D eigenvalue weighted by Gasteiger charge is 2.25. The Labute approximate surface area is 94.6 Å². The van der Waals surface area contributed by atoms with E-state index in [0.717, 1.165) is 0 Å². The van der Waals surface area contributed by atoms with Crippen LogP contribution in [0.15, 0.2) is 0 Å². The van der Waals surface area contributed by atoms with Crippen LogP contribution in [-0.2, 0) is 4.57 Å². The molecule has 0 saturated carbocycles. The first-order valence-electron chi connectivity index (χ1n) is 5.11. The maximum absolute atomic E-state index is 10.6. The average molecular weight is 256 g/mol. The first kappa shape index (κ1) is 16.0. The van der Waals surface area contributed by atoms with Crippen LogP contribution < -0.4 is 11.5 Å².